The zero-order chi connectivity index (χ0) is 15.0. The van der Waals surface area contributed by atoms with E-state index in [4.69, 9.17) is 19.6 Å². The highest BCUT2D eigenvalue weighted by molar-refractivity contribution is 7.53. The molecule has 0 radical (unpaired) electrons. The molecule has 3 N–H and O–H groups in total. The number of carbonyl (C=O) groups excluding carboxylic acids is 1. The molecular weight excluding hydrogens is 285 g/mol. The van der Waals surface area contributed by atoms with E-state index in [1.807, 2.05) is 5.43 Å². The first-order valence-electron chi connectivity index (χ1n) is 6.02. The van der Waals surface area contributed by atoms with Gasteiger partial charge in [-0.25, -0.2) is 5.84 Å². The number of nitrogens with two attached hydrogens (primary N) is 1. The van der Waals surface area contributed by atoms with Crippen LogP contribution in [-0.2, 0) is 13.6 Å². The van der Waals surface area contributed by atoms with Gasteiger partial charge in [0.05, 0.1) is 25.0 Å². The Morgan fingerprint density at radius 2 is 2.05 bits per heavy atom. The van der Waals surface area contributed by atoms with Crippen molar-refractivity contribution in [2.45, 2.75) is 13.8 Å². The van der Waals surface area contributed by atoms with Gasteiger partial charge in [-0.05, 0) is 19.9 Å². The molecule has 0 aliphatic heterocycles. The Morgan fingerprint density at radius 1 is 1.40 bits per heavy atom. The Hall–Kier alpha value is -1.47. The van der Waals surface area contributed by atoms with Gasteiger partial charge in [-0.1, -0.05) is 0 Å². The van der Waals surface area contributed by atoms with Gasteiger partial charge in [0.25, 0.3) is 5.91 Å². The molecule has 0 aromatic carbocycles. The SMILES string of the molecule is CCOP(=O)(COc1cnccc1C(=O)NN)OCC. The molecule has 0 aliphatic rings. The molecule has 1 aromatic rings. The van der Waals surface area contributed by atoms with E-state index in [-0.39, 0.29) is 30.9 Å². The van der Waals surface area contributed by atoms with Crippen LogP contribution >= 0.6 is 7.60 Å². The minimum absolute atomic E-state index is 0.148. The van der Waals surface area contributed by atoms with E-state index in [0.29, 0.717) is 0 Å². The largest absolute Gasteiger partial charge is 0.478 e. The molecule has 1 rings (SSSR count). The van der Waals surface area contributed by atoms with Gasteiger partial charge in [-0.2, -0.15) is 0 Å². The molecule has 0 unspecified atom stereocenters. The highest BCUT2D eigenvalue weighted by Gasteiger charge is 2.25. The fraction of sp³-hybridized carbons (Fsp3) is 0.455. The average molecular weight is 303 g/mol. The molecule has 8 nitrogen and oxygen atoms in total. The van der Waals surface area contributed by atoms with E-state index in [2.05, 4.69) is 4.98 Å². The number of hydrogen-bond acceptors (Lipinski definition) is 7. The standard InChI is InChI=1S/C11H18N3O5P/c1-3-18-20(16,19-4-2)8-17-10-7-13-6-5-9(10)11(15)14-12/h5-7H,3-4,8,12H2,1-2H3,(H,14,15). The maximum atomic E-state index is 12.2. The molecular formula is C11H18N3O5P. The maximum Gasteiger partial charge on any atom is 0.367 e. The molecule has 20 heavy (non-hydrogen) atoms. The van der Waals surface area contributed by atoms with Crippen molar-refractivity contribution in [1.29, 1.82) is 0 Å². The van der Waals surface area contributed by atoms with Crippen LogP contribution in [0.5, 0.6) is 5.75 Å². The van der Waals surface area contributed by atoms with Gasteiger partial charge in [-0.3, -0.25) is 19.8 Å². The fourth-order valence-electron chi connectivity index (χ4n) is 1.41. The number of carbonyl (C=O) groups is 1. The number of amides is 1. The number of nitrogens with zero attached hydrogens (tertiary/aromatic N) is 1. The summed E-state index contributed by atoms with van der Waals surface area (Å²) < 4.78 is 27.7. The third kappa shape index (κ3) is 4.57. The molecule has 0 atom stereocenters. The monoisotopic (exact) mass is 303 g/mol. The molecule has 0 fully saturated rings. The lowest BCUT2D eigenvalue weighted by atomic mass is 10.2. The number of rotatable bonds is 8. The van der Waals surface area contributed by atoms with E-state index in [1.54, 1.807) is 13.8 Å². The predicted molar refractivity (Wildman–Crippen MR) is 72.2 cm³/mol. The van der Waals surface area contributed by atoms with Crippen molar-refractivity contribution in [3.8, 4) is 5.75 Å². The van der Waals surface area contributed by atoms with E-state index in [0.717, 1.165) is 0 Å². The molecule has 1 aromatic heterocycles. The summed E-state index contributed by atoms with van der Waals surface area (Å²) >= 11 is 0. The number of hydrazine groups is 1. The zero-order valence-corrected chi connectivity index (χ0v) is 12.3. The van der Waals surface area contributed by atoms with E-state index in [1.165, 1.54) is 18.5 Å². The number of nitrogen functional groups attached to an aromatic ring is 1. The lowest BCUT2D eigenvalue weighted by Crippen LogP contribution is -2.30. The quantitative estimate of drug-likeness (QED) is 0.322. The van der Waals surface area contributed by atoms with Gasteiger partial charge >= 0.3 is 7.60 Å². The van der Waals surface area contributed by atoms with Crippen molar-refractivity contribution in [3.05, 3.63) is 24.0 Å². The number of ether oxygens (including phenoxy) is 1. The third-order valence-corrected chi connectivity index (χ3v) is 3.94. The molecule has 1 heterocycles. The van der Waals surface area contributed by atoms with Crippen molar-refractivity contribution < 1.29 is 23.1 Å². The first-order chi connectivity index (χ1) is 9.56. The molecule has 0 saturated heterocycles. The van der Waals surface area contributed by atoms with Crippen molar-refractivity contribution in [3.63, 3.8) is 0 Å². The Labute approximate surface area is 117 Å². The van der Waals surface area contributed by atoms with Crippen LogP contribution in [-0.4, -0.2) is 30.5 Å². The van der Waals surface area contributed by atoms with Crippen molar-refractivity contribution in [1.82, 2.24) is 10.4 Å². The summed E-state index contributed by atoms with van der Waals surface area (Å²) in [5.41, 5.74) is 2.17. The van der Waals surface area contributed by atoms with Gasteiger partial charge < -0.3 is 13.8 Å². The summed E-state index contributed by atoms with van der Waals surface area (Å²) in [6.45, 7) is 3.85. The second-order valence-electron chi connectivity index (χ2n) is 3.57. The summed E-state index contributed by atoms with van der Waals surface area (Å²) in [5, 5.41) is 0. The molecule has 0 bridgehead atoms. The van der Waals surface area contributed by atoms with Gasteiger partial charge in [0.1, 0.15) is 0 Å². The van der Waals surface area contributed by atoms with E-state index < -0.39 is 13.5 Å². The first-order valence-corrected chi connectivity index (χ1v) is 7.75. The highest BCUT2D eigenvalue weighted by atomic mass is 31.2. The minimum atomic E-state index is -3.36. The van der Waals surface area contributed by atoms with Crippen LogP contribution in [0.4, 0.5) is 0 Å². The number of hydrogen-bond donors (Lipinski definition) is 2. The number of nitrogens with one attached hydrogen (secondary N) is 1. The van der Waals surface area contributed by atoms with Crippen molar-refractivity contribution >= 4 is 13.5 Å². The Bertz CT molecular complexity index is 487. The van der Waals surface area contributed by atoms with Crippen LogP contribution in [0.25, 0.3) is 0 Å². The molecule has 1 amide bonds. The summed E-state index contributed by atoms with van der Waals surface area (Å²) in [5.74, 6) is 4.68. The van der Waals surface area contributed by atoms with Crippen LogP contribution < -0.4 is 16.0 Å². The molecule has 112 valence electrons. The summed E-state index contributed by atoms with van der Waals surface area (Å²) in [4.78, 5) is 15.4. The van der Waals surface area contributed by atoms with Crippen LogP contribution in [0.1, 0.15) is 24.2 Å². The fourth-order valence-corrected chi connectivity index (χ4v) is 2.72. The third-order valence-electron chi connectivity index (χ3n) is 2.19. The maximum absolute atomic E-state index is 12.2. The predicted octanol–water partition coefficient (Wildman–Crippen LogP) is 1.29. The van der Waals surface area contributed by atoms with E-state index >= 15 is 0 Å². The normalized spacial score (nSPS) is 11.2. The van der Waals surface area contributed by atoms with Gasteiger partial charge in [0.15, 0.2) is 12.1 Å². The average Bonchev–Trinajstić information content (AvgIpc) is 2.45. The lowest BCUT2D eigenvalue weighted by Gasteiger charge is -2.18. The number of aromatic nitrogens is 1. The van der Waals surface area contributed by atoms with Crippen molar-refractivity contribution in [2.24, 2.45) is 5.84 Å². The Morgan fingerprint density at radius 3 is 2.60 bits per heavy atom. The second kappa shape index (κ2) is 7.96. The van der Waals surface area contributed by atoms with E-state index in [9.17, 15) is 9.36 Å². The Balaban J connectivity index is 2.83. The van der Waals surface area contributed by atoms with Gasteiger partial charge in [0, 0.05) is 6.20 Å². The molecule has 9 heteroatoms. The summed E-state index contributed by atoms with van der Waals surface area (Å²) in [6.07, 6.45) is 2.43. The smallest absolute Gasteiger partial charge is 0.367 e. The van der Waals surface area contributed by atoms with Crippen LogP contribution in [0.2, 0.25) is 0 Å². The lowest BCUT2D eigenvalue weighted by molar-refractivity contribution is 0.0949. The first kappa shape index (κ1) is 16.6. The zero-order valence-electron chi connectivity index (χ0n) is 11.4. The topological polar surface area (TPSA) is 113 Å². The van der Waals surface area contributed by atoms with Crippen molar-refractivity contribution in [2.75, 3.05) is 19.6 Å². The molecule has 0 spiro atoms. The van der Waals surface area contributed by atoms with Crippen LogP contribution in [0.3, 0.4) is 0 Å². The number of pyridine rings is 1. The summed E-state index contributed by atoms with van der Waals surface area (Å²) in [7, 11) is -3.36. The molecule has 0 aliphatic carbocycles. The van der Waals surface area contributed by atoms with Gasteiger partial charge in [-0.15, -0.1) is 0 Å². The van der Waals surface area contributed by atoms with Crippen LogP contribution in [0.15, 0.2) is 18.5 Å². The van der Waals surface area contributed by atoms with Gasteiger partial charge in [0.2, 0.25) is 0 Å². The van der Waals surface area contributed by atoms with Crippen LogP contribution in [0, 0.1) is 0 Å². The Kier molecular flexibility index (Phi) is 6.60. The second-order valence-corrected chi connectivity index (χ2v) is 5.56. The highest BCUT2D eigenvalue weighted by Crippen LogP contribution is 2.48. The summed E-state index contributed by atoms with van der Waals surface area (Å²) in [6, 6.07) is 1.43. The minimum Gasteiger partial charge on any atom is -0.478 e. The molecule has 0 saturated carbocycles.